The summed E-state index contributed by atoms with van der Waals surface area (Å²) in [5.41, 5.74) is 0. The van der Waals surface area contributed by atoms with Gasteiger partial charge < -0.3 is 15.0 Å². The van der Waals surface area contributed by atoms with Gasteiger partial charge in [0.15, 0.2) is 0 Å². The summed E-state index contributed by atoms with van der Waals surface area (Å²) in [5, 5.41) is 3.18. The van der Waals surface area contributed by atoms with E-state index in [-0.39, 0.29) is 17.9 Å². The van der Waals surface area contributed by atoms with Crippen LogP contribution in [0.2, 0.25) is 0 Å². The van der Waals surface area contributed by atoms with E-state index in [4.69, 9.17) is 4.74 Å². The fraction of sp³-hybridized carbons (Fsp3) is 0.846. The van der Waals surface area contributed by atoms with Gasteiger partial charge in [0.25, 0.3) is 0 Å². The number of hydrogen-bond acceptors (Lipinski definition) is 4. The Kier molecular flexibility index (Phi) is 4.58. The molecule has 18 heavy (non-hydrogen) atoms. The van der Waals surface area contributed by atoms with Crippen LogP contribution in [0.4, 0.5) is 0 Å². The zero-order valence-electron chi connectivity index (χ0n) is 11.0. The Morgan fingerprint density at radius 3 is 2.72 bits per heavy atom. The fourth-order valence-electron chi connectivity index (χ4n) is 2.42. The zero-order chi connectivity index (χ0) is 13.0. The van der Waals surface area contributed by atoms with Gasteiger partial charge in [-0.3, -0.25) is 4.79 Å². The molecule has 0 aromatic carbocycles. The summed E-state index contributed by atoms with van der Waals surface area (Å²) >= 11 is 0. The molecule has 1 aliphatic heterocycles. The number of nitrogens with zero attached hydrogens (tertiary/aromatic N) is 1. The number of amides is 1. The van der Waals surface area contributed by atoms with Crippen LogP contribution >= 0.6 is 0 Å². The molecule has 1 atom stereocenters. The minimum atomic E-state index is -0.376. The van der Waals surface area contributed by atoms with Crippen LogP contribution in [0.1, 0.15) is 32.1 Å². The van der Waals surface area contributed by atoms with E-state index in [1.54, 1.807) is 4.90 Å². The molecule has 1 unspecified atom stereocenters. The summed E-state index contributed by atoms with van der Waals surface area (Å²) in [6.07, 6.45) is 5.23. The van der Waals surface area contributed by atoms with Gasteiger partial charge >= 0.3 is 5.97 Å². The van der Waals surface area contributed by atoms with Crippen LogP contribution in [0.15, 0.2) is 0 Å². The van der Waals surface area contributed by atoms with Crippen LogP contribution in [0.3, 0.4) is 0 Å². The van der Waals surface area contributed by atoms with E-state index in [1.165, 1.54) is 20.0 Å². The lowest BCUT2D eigenvalue weighted by atomic mass is 10.0. The molecule has 5 nitrogen and oxygen atoms in total. The molecule has 1 saturated carbocycles. The number of ether oxygens (including phenoxy) is 1. The van der Waals surface area contributed by atoms with E-state index >= 15 is 0 Å². The van der Waals surface area contributed by atoms with Crippen LogP contribution in [0.5, 0.6) is 0 Å². The van der Waals surface area contributed by atoms with Crippen molar-refractivity contribution in [3.63, 3.8) is 0 Å². The number of carbonyl (C=O) groups excluding carboxylic acids is 2. The van der Waals surface area contributed by atoms with E-state index < -0.39 is 0 Å². The molecule has 1 saturated heterocycles. The van der Waals surface area contributed by atoms with Crippen LogP contribution in [-0.4, -0.2) is 49.6 Å². The van der Waals surface area contributed by atoms with E-state index in [2.05, 4.69) is 5.32 Å². The van der Waals surface area contributed by atoms with Crippen molar-refractivity contribution in [1.29, 1.82) is 0 Å². The SMILES string of the molecule is COC(=O)C1CCCCN1C(=O)CNCC1CC1. The standard InChI is InChI=1S/C13H22N2O3/c1-18-13(17)11-4-2-3-7-15(11)12(16)9-14-8-10-5-6-10/h10-11,14H,2-9H2,1H3. The quantitative estimate of drug-likeness (QED) is 0.728. The lowest BCUT2D eigenvalue weighted by Crippen LogP contribution is -2.51. The summed E-state index contributed by atoms with van der Waals surface area (Å²) in [6, 6.07) is -0.376. The maximum Gasteiger partial charge on any atom is 0.328 e. The van der Waals surface area contributed by atoms with Gasteiger partial charge in [0.1, 0.15) is 6.04 Å². The molecule has 5 heteroatoms. The predicted octanol–water partition coefficient (Wildman–Crippen LogP) is 0.540. The number of carbonyl (C=O) groups is 2. The molecule has 2 aliphatic rings. The normalized spacial score (nSPS) is 23.8. The number of likely N-dealkylation sites (tertiary alicyclic amines) is 1. The van der Waals surface area contributed by atoms with Gasteiger partial charge in [0, 0.05) is 6.54 Å². The van der Waals surface area contributed by atoms with E-state index in [9.17, 15) is 9.59 Å². The smallest absolute Gasteiger partial charge is 0.328 e. The second kappa shape index (κ2) is 6.18. The third kappa shape index (κ3) is 3.45. The number of hydrogen-bond donors (Lipinski definition) is 1. The minimum absolute atomic E-state index is 0.0192. The molecule has 0 spiro atoms. The van der Waals surface area contributed by atoms with Crippen molar-refractivity contribution < 1.29 is 14.3 Å². The Balaban J connectivity index is 1.82. The van der Waals surface area contributed by atoms with Gasteiger partial charge in [-0.25, -0.2) is 4.79 Å². The van der Waals surface area contributed by atoms with E-state index in [0.29, 0.717) is 13.1 Å². The van der Waals surface area contributed by atoms with Crippen LogP contribution in [0.25, 0.3) is 0 Å². The summed E-state index contributed by atoms with van der Waals surface area (Å²) in [4.78, 5) is 25.4. The largest absolute Gasteiger partial charge is 0.467 e. The molecule has 102 valence electrons. The first-order valence-electron chi connectivity index (χ1n) is 6.80. The molecule has 0 aromatic heterocycles. The molecule has 1 heterocycles. The lowest BCUT2D eigenvalue weighted by Gasteiger charge is -2.33. The molecular weight excluding hydrogens is 232 g/mol. The molecule has 0 aromatic rings. The number of nitrogens with one attached hydrogen (secondary N) is 1. The highest BCUT2D eigenvalue weighted by atomic mass is 16.5. The highest BCUT2D eigenvalue weighted by molar-refractivity contribution is 5.85. The number of methoxy groups -OCH3 is 1. The van der Waals surface area contributed by atoms with Crippen molar-refractivity contribution in [1.82, 2.24) is 10.2 Å². The van der Waals surface area contributed by atoms with Gasteiger partial charge in [-0.1, -0.05) is 0 Å². The summed E-state index contributed by atoms with van der Waals surface area (Å²) in [5.74, 6) is 0.492. The Hall–Kier alpha value is -1.10. The van der Waals surface area contributed by atoms with Crippen LogP contribution in [0, 0.1) is 5.92 Å². The maximum atomic E-state index is 12.1. The fourth-order valence-corrected chi connectivity index (χ4v) is 2.42. The second-order valence-electron chi connectivity index (χ2n) is 5.20. The van der Waals surface area contributed by atoms with Crippen molar-refractivity contribution in [2.45, 2.75) is 38.1 Å². The van der Waals surface area contributed by atoms with Crippen molar-refractivity contribution in [3.8, 4) is 0 Å². The van der Waals surface area contributed by atoms with Crippen LogP contribution < -0.4 is 5.32 Å². The third-order valence-electron chi connectivity index (χ3n) is 3.70. The van der Waals surface area contributed by atoms with Crippen molar-refractivity contribution in [2.75, 3.05) is 26.7 Å². The Morgan fingerprint density at radius 1 is 1.28 bits per heavy atom. The van der Waals surface area contributed by atoms with Crippen LogP contribution in [-0.2, 0) is 14.3 Å². The molecule has 1 amide bonds. The van der Waals surface area contributed by atoms with Crippen molar-refractivity contribution >= 4 is 11.9 Å². The van der Waals surface area contributed by atoms with Gasteiger partial charge in [-0.05, 0) is 44.6 Å². The second-order valence-corrected chi connectivity index (χ2v) is 5.20. The summed E-state index contributed by atoms with van der Waals surface area (Å²) in [6.45, 7) is 1.93. The van der Waals surface area contributed by atoms with Gasteiger partial charge in [-0.2, -0.15) is 0 Å². The van der Waals surface area contributed by atoms with Gasteiger partial charge in [0.2, 0.25) is 5.91 Å². The molecule has 0 radical (unpaired) electrons. The van der Waals surface area contributed by atoms with E-state index in [0.717, 1.165) is 31.7 Å². The third-order valence-corrected chi connectivity index (χ3v) is 3.70. The van der Waals surface area contributed by atoms with E-state index in [1.807, 2.05) is 0 Å². The first kappa shape index (κ1) is 13.3. The minimum Gasteiger partial charge on any atom is -0.467 e. The first-order chi connectivity index (χ1) is 8.72. The Labute approximate surface area is 108 Å². The lowest BCUT2D eigenvalue weighted by molar-refractivity contribution is -0.154. The predicted molar refractivity (Wildman–Crippen MR) is 67.0 cm³/mol. The number of rotatable bonds is 5. The molecule has 2 fully saturated rings. The average molecular weight is 254 g/mol. The topological polar surface area (TPSA) is 58.6 Å². The Morgan fingerprint density at radius 2 is 2.06 bits per heavy atom. The average Bonchev–Trinajstić information content (AvgIpc) is 3.22. The van der Waals surface area contributed by atoms with Crippen molar-refractivity contribution in [3.05, 3.63) is 0 Å². The number of piperidine rings is 1. The number of esters is 1. The van der Waals surface area contributed by atoms with Gasteiger partial charge in [0.05, 0.1) is 13.7 Å². The Bertz CT molecular complexity index is 315. The highest BCUT2D eigenvalue weighted by Gasteiger charge is 2.32. The molecular formula is C13H22N2O3. The highest BCUT2D eigenvalue weighted by Crippen LogP contribution is 2.27. The molecule has 1 N–H and O–H groups in total. The zero-order valence-corrected chi connectivity index (χ0v) is 11.0. The first-order valence-corrected chi connectivity index (χ1v) is 6.80. The monoisotopic (exact) mass is 254 g/mol. The molecule has 1 aliphatic carbocycles. The maximum absolute atomic E-state index is 12.1. The molecule has 2 rings (SSSR count). The van der Waals surface area contributed by atoms with Gasteiger partial charge in [-0.15, -0.1) is 0 Å². The molecule has 0 bridgehead atoms. The van der Waals surface area contributed by atoms with Crippen molar-refractivity contribution in [2.24, 2.45) is 5.92 Å². The summed E-state index contributed by atoms with van der Waals surface area (Å²) in [7, 11) is 1.38. The summed E-state index contributed by atoms with van der Waals surface area (Å²) < 4.78 is 4.77.